The summed E-state index contributed by atoms with van der Waals surface area (Å²) in [6.07, 6.45) is 3.66. The zero-order valence-corrected chi connectivity index (χ0v) is 12.9. The second-order valence-electron chi connectivity index (χ2n) is 4.76. The number of aliphatic imine (C=N–C) groups is 1. The largest absolute Gasteiger partial charge is 0.380 e. The Morgan fingerprint density at radius 2 is 1.90 bits per heavy atom. The predicted octanol–water partition coefficient (Wildman–Crippen LogP) is 2.69. The topological polar surface area (TPSA) is 45.7 Å². The highest BCUT2D eigenvalue weighted by Crippen LogP contribution is 2.09. The maximum absolute atomic E-state index is 5.22. The molecule has 0 atom stereocenters. The van der Waals surface area contributed by atoms with Crippen molar-refractivity contribution in [2.24, 2.45) is 4.99 Å². The molecule has 0 spiro atoms. The zero-order valence-electron chi connectivity index (χ0n) is 12.9. The van der Waals surface area contributed by atoms with Gasteiger partial charge in [0, 0.05) is 27.2 Å². The second-order valence-corrected chi connectivity index (χ2v) is 4.76. The molecule has 0 heterocycles. The van der Waals surface area contributed by atoms with Gasteiger partial charge in [0.25, 0.3) is 0 Å². The van der Waals surface area contributed by atoms with Crippen LogP contribution in [0.15, 0.2) is 29.3 Å². The summed E-state index contributed by atoms with van der Waals surface area (Å²) in [5, 5.41) is 6.68. The summed E-state index contributed by atoms with van der Waals surface area (Å²) in [7, 11) is 3.52. The molecule has 0 bridgehead atoms. The van der Waals surface area contributed by atoms with E-state index in [2.05, 4.69) is 34.7 Å². The molecule has 0 aliphatic carbocycles. The predicted molar refractivity (Wildman–Crippen MR) is 84.9 cm³/mol. The Hall–Kier alpha value is -1.55. The molecule has 4 heteroatoms. The van der Waals surface area contributed by atoms with Crippen LogP contribution in [-0.4, -0.2) is 26.7 Å². The Morgan fingerprint density at radius 1 is 1.15 bits per heavy atom. The molecule has 0 saturated carbocycles. The van der Waals surface area contributed by atoms with Crippen molar-refractivity contribution in [2.75, 3.05) is 20.7 Å². The Bertz CT molecular complexity index is 404. The van der Waals surface area contributed by atoms with Crippen LogP contribution in [0.5, 0.6) is 0 Å². The molecule has 1 rings (SSSR count). The van der Waals surface area contributed by atoms with Gasteiger partial charge in [-0.05, 0) is 17.5 Å². The van der Waals surface area contributed by atoms with Crippen LogP contribution in [0.1, 0.15) is 37.3 Å². The first kappa shape index (κ1) is 16.5. The number of hydrogen-bond acceptors (Lipinski definition) is 2. The molecule has 0 fully saturated rings. The van der Waals surface area contributed by atoms with Crippen molar-refractivity contribution in [1.82, 2.24) is 10.6 Å². The molecule has 112 valence electrons. The molecule has 0 aromatic heterocycles. The SMILES string of the molecule is CCCCCNC(=NC)NCc1ccccc1COC. The highest BCUT2D eigenvalue weighted by atomic mass is 16.5. The first-order valence-electron chi connectivity index (χ1n) is 7.32. The number of nitrogens with one attached hydrogen (secondary N) is 2. The standard InChI is InChI=1S/C16H27N3O/c1-4-5-8-11-18-16(17-2)19-12-14-9-6-7-10-15(14)13-20-3/h6-7,9-10H,4-5,8,11-13H2,1-3H3,(H2,17,18,19). The van der Waals surface area contributed by atoms with E-state index >= 15 is 0 Å². The van der Waals surface area contributed by atoms with Gasteiger partial charge in [-0.25, -0.2) is 0 Å². The van der Waals surface area contributed by atoms with Crippen LogP contribution in [0.3, 0.4) is 0 Å². The summed E-state index contributed by atoms with van der Waals surface area (Å²) in [6, 6.07) is 8.30. The van der Waals surface area contributed by atoms with Crippen molar-refractivity contribution in [3.8, 4) is 0 Å². The number of methoxy groups -OCH3 is 1. The van der Waals surface area contributed by atoms with Crippen LogP contribution in [0, 0.1) is 0 Å². The fourth-order valence-electron chi connectivity index (χ4n) is 2.01. The summed E-state index contributed by atoms with van der Waals surface area (Å²) in [4.78, 5) is 4.24. The van der Waals surface area contributed by atoms with Gasteiger partial charge in [-0.15, -0.1) is 0 Å². The van der Waals surface area contributed by atoms with Crippen molar-refractivity contribution in [3.63, 3.8) is 0 Å². The highest BCUT2D eigenvalue weighted by Gasteiger charge is 2.02. The lowest BCUT2D eigenvalue weighted by Gasteiger charge is -2.14. The van der Waals surface area contributed by atoms with Crippen molar-refractivity contribution < 1.29 is 4.74 Å². The average molecular weight is 277 g/mol. The van der Waals surface area contributed by atoms with E-state index in [1.165, 1.54) is 30.4 Å². The van der Waals surface area contributed by atoms with E-state index in [0.29, 0.717) is 6.61 Å². The van der Waals surface area contributed by atoms with Gasteiger partial charge < -0.3 is 15.4 Å². The third kappa shape index (κ3) is 6.06. The van der Waals surface area contributed by atoms with Gasteiger partial charge in [0.05, 0.1) is 6.61 Å². The van der Waals surface area contributed by atoms with E-state index < -0.39 is 0 Å². The minimum atomic E-state index is 0.639. The molecule has 1 aromatic rings. The number of ether oxygens (including phenoxy) is 1. The van der Waals surface area contributed by atoms with Crippen molar-refractivity contribution in [3.05, 3.63) is 35.4 Å². The Kier molecular flexibility index (Phi) is 8.47. The van der Waals surface area contributed by atoms with Gasteiger partial charge in [-0.3, -0.25) is 4.99 Å². The molecule has 2 N–H and O–H groups in total. The third-order valence-electron chi connectivity index (χ3n) is 3.16. The first-order valence-corrected chi connectivity index (χ1v) is 7.32. The van der Waals surface area contributed by atoms with Gasteiger partial charge in [0.15, 0.2) is 5.96 Å². The van der Waals surface area contributed by atoms with Crippen molar-refractivity contribution in [1.29, 1.82) is 0 Å². The maximum atomic E-state index is 5.22. The Labute approximate surface area is 122 Å². The molecule has 0 saturated heterocycles. The molecular formula is C16H27N3O. The summed E-state index contributed by atoms with van der Waals surface area (Å²) in [5.74, 6) is 0.855. The maximum Gasteiger partial charge on any atom is 0.191 e. The molecule has 0 unspecified atom stereocenters. The smallest absolute Gasteiger partial charge is 0.191 e. The molecular weight excluding hydrogens is 250 g/mol. The van der Waals surface area contributed by atoms with Gasteiger partial charge >= 0.3 is 0 Å². The van der Waals surface area contributed by atoms with E-state index in [-0.39, 0.29) is 0 Å². The molecule has 0 amide bonds. The number of nitrogens with zero attached hydrogens (tertiary/aromatic N) is 1. The quantitative estimate of drug-likeness (QED) is 0.436. The number of rotatable bonds is 8. The number of unbranched alkanes of at least 4 members (excludes halogenated alkanes) is 2. The van der Waals surface area contributed by atoms with E-state index in [1.54, 1.807) is 14.2 Å². The second kappa shape index (κ2) is 10.3. The molecule has 0 aliphatic rings. The lowest BCUT2D eigenvalue weighted by Crippen LogP contribution is -2.37. The van der Waals surface area contributed by atoms with Gasteiger partial charge in [-0.2, -0.15) is 0 Å². The lowest BCUT2D eigenvalue weighted by atomic mass is 10.1. The number of hydrogen-bond donors (Lipinski definition) is 2. The van der Waals surface area contributed by atoms with Gasteiger partial charge in [0.1, 0.15) is 0 Å². The van der Waals surface area contributed by atoms with E-state index in [9.17, 15) is 0 Å². The summed E-state index contributed by atoms with van der Waals surface area (Å²) in [6.45, 7) is 4.57. The molecule has 20 heavy (non-hydrogen) atoms. The highest BCUT2D eigenvalue weighted by molar-refractivity contribution is 5.79. The minimum Gasteiger partial charge on any atom is -0.380 e. The van der Waals surface area contributed by atoms with Crippen LogP contribution in [0.25, 0.3) is 0 Å². The first-order chi connectivity index (χ1) is 9.81. The molecule has 4 nitrogen and oxygen atoms in total. The van der Waals surface area contributed by atoms with Gasteiger partial charge in [0.2, 0.25) is 0 Å². The minimum absolute atomic E-state index is 0.639. The third-order valence-corrected chi connectivity index (χ3v) is 3.16. The molecule has 0 aliphatic heterocycles. The Balaban J connectivity index is 2.44. The van der Waals surface area contributed by atoms with Crippen molar-refractivity contribution >= 4 is 5.96 Å². The zero-order chi connectivity index (χ0) is 14.6. The van der Waals surface area contributed by atoms with E-state index in [1.807, 2.05) is 12.1 Å². The molecule has 1 aromatic carbocycles. The van der Waals surface area contributed by atoms with Crippen LogP contribution in [-0.2, 0) is 17.9 Å². The average Bonchev–Trinajstić information content (AvgIpc) is 2.48. The summed E-state index contributed by atoms with van der Waals surface area (Å²) >= 11 is 0. The number of benzene rings is 1. The Morgan fingerprint density at radius 3 is 2.55 bits per heavy atom. The summed E-state index contributed by atoms with van der Waals surface area (Å²) < 4.78 is 5.22. The van der Waals surface area contributed by atoms with Crippen LogP contribution in [0.2, 0.25) is 0 Å². The number of guanidine groups is 1. The summed E-state index contributed by atoms with van der Waals surface area (Å²) in [5.41, 5.74) is 2.45. The fraction of sp³-hybridized carbons (Fsp3) is 0.562. The molecule has 0 radical (unpaired) electrons. The van der Waals surface area contributed by atoms with Crippen molar-refractivity contribution in [2.45, 2.75) is 39.3 Å². The van der Waals surface area contributed by atoms with Crippen LogP contribution >= 0.6 is 0 Å². The van der Waals surface area contributed by atoms with Crippen LogP contribution < -0.4 is 10.6 Å². The monoisotopic (exact) mass is 277 g/mol. The fourth-order valence-corrected chi connectivity index (χ4v) is 2.01. The van der Waals surface area contributed by atoms with Crippen LogP contribution in [0.4, 0.5) is 0 Å². The van der Waals surface area contributed by atoms with E-state index in [0.717, 1.165) is 19.0 Å². The lowest BCUT2D eigenvalue weighted by molar-refractivity contribution is 0.184. The van der Waals surface area contributed by atoms with Gasteiger partial charge in [-0.1, -0.05) is 44.0 Å². The normalized spacial score (nSPS) is 11.4. The van der Waals surface area contributed by atoms with E-state index in [4.69, 9.17) is 4.74 Å².